The minimum absolute atomic E-state index is 0.0152. The van der Waals surface area contributed by atoms with Gasteiger partial charge in [-0.15, -0.1) is 0 Å². The van der Waals surface area contributed by atoms with Crippen LogP contribution < -0.4 is 10.1 Å². The Morgan fingerprint density at radius 3 is 2.50 bits per heavy atom. The molecule has 2 aromatic carbocycles. The van der Waals surface area contributed by atoms with Crippen molar-refractivity contribution in [1.29, 1.82) is 0 Å². The molecule has 1 N–H and O–H groups in total. The standard InChI is InChI=1S/C38H43N7O9/c1-37(2,3)54-36(48)43-25-15-13-22(14-16-26(46)23-11-9-10-12-24(23)35(47)49-8)17-27(25)50-18-28-30-31(53-38(4,5)52-30)34(51-28)45-21-41-29-32(42-20-44(6)7)39-19-40-33(29)45/h9-17,19-21,28,30-31,34H,18H2,1-8H3,(H,43,48)/b16-14+,42-20+/t28-,30-,31-,34-/m1/s1. The van der Waals surface area contributed by atoms with Gasteiger partial charge in [0.1, 0.15) is 42.6 Å². The smallest absolute Gasteiger partial charge is 0.412 e. The van der Waals surface area contributed by atoms with Gasteiger partial charge in [0, 0.05) is 19.7 Å². The maximum absolute atomic E-state index is 13.2. The summed E-state index contributed by atoms with van der Waals surface area (Å²) < 4.78 is 37.7. The van der Waals surface area contributed by atoms with Crippen molar-refractivity contribution < 1.29 is 42.8 Å². The number of nitrogens with zero attached hydrogens (tertiary/aromatic N) is 6. The predicted octanol–water partition coefficient (Wildman–Crippen LogP) is 5.57. The first-order chi connectivity index (χ1) is 25.6. The molecule has 2 fully saturated rings. The molecule has 54 heavy (non-hydrogen) atoms. The average Bonchev–Trinajstić information content (AvgIpc) is 3.79. The van der Waals surface area contributed by atoms with Gasteiger partial charge in [0.15, 0.2) is 34.8 Å². The highest BCUT2D eigenvalue weighted by molar-refractivity contribution is 6.12. The van der Waals surface area contributed by atoms with Gasteiger partial charge in [0.2, 0.25) is 0 Å². The first-order valence-corrected chi connectivity index (χ1v) is 17.2. The van der Waals surface area contributed by atoms with Gasteiger partial charge in [-0.05, 0) is 64.5 Å². The van der Waals surface area contributed by atoms with E-state index in [1.54, 1.807) is 85.4 Å². The Kier molecular flexibility index (Phi) is 10.8. The number of aliphatic imine (C=N–C) groups is 1. The van der Waals surface area contributed by atoms with Crippen molar-refractivity contribution in [2.75, 3.05) is 33.1 Å². The van der Waals surface area contributed by atoms with Gasteiger partial charge in [-0.1, -0.05) is 30.3 Å². The third-order valence-corrected chi connectivity index (χ3v) is 8.22. The largest absolute Gasteiger partial charge is 0.489 e. The fraction of sp³-hybridized carbons (Fsp3) is 0.395. The number of ketones is 1. The third kappa shape index (κ3) is 8.56. The van der Waals surface area contributed by atoms with Crippen LogP contribution in [0.1, 0.15) is 67.1 Å². The minimum Gasteiger partial charge on any atom is -0.489 e. The molecule has 0 radical (unpaired) electrons. The zero-order valence-corrected chi connectivity index (χ0v) is 31.3. The Bertz CT molecular complexity index is 2100. The Morgan fingerprint density at radius 2 is 1.78 bits per heavy atom. The van der Waals surface area contributed by atoms with Crippen LogP contribution in [0.3, 0.4) is 0 Å². The highest BCUT2D eigenvalue weighted by Crippen LogP contribution is 2.44. The number of carbonyl (C=O) groups excluding carboxylic acids is 3. The van der Waals surface area contributed by atoms with Gasteiger partial charge in [-0.25, -0.2) is 29.5 Å². The lowest BCUT2D eigenvalue weighted by Gasteiger charge is -2.25. The van der Waals surface area contributed by atoms with Crippen molar-refractivity contribution in [2.45, 2.75) is 70.5 Å². The second-order valence-corrected chi connectivity index (χ2v) is 14.3. The van der Waals surface area contributed by atoms with Crippen LogP contribution in [0.25, 0.3) is 17.2 Å². The van der Waals surface area contributed by atoms with Crippen LogP contribution in [0.4, 0.5) is 16.3 Å². The lowest BCUT2D eigenvalue weighted by Crippen LogP contribution is -2.34. The highest BCUT2D eigenvalue weighted by Gasteiger charge is 2.56. The molecule has 284 valence electrons. The van der Waals surface area contributed by atoms with Gasteiger partial charge < -0.3 is 33.3 Å². The summed E-state index contributed by atoms with van der Waals surface area (Å²) in [6.45, 7) is 8.92. The number of hydrogen-bond donors (Lipinski definition) is 1. The van der Waals surface area contributed by atoms with Crippen molar-refractivity contribution in [3.8, 4) is 5.75 Å². The molecule has 16 nitrogen and oxygen atoms in total. The van der Waals surface area contributed by atoms with Crippen LogP contribution >= 0.6 is 0 Å². The van der Waals surface area contributed by atoms with E-state index in [1.807, 2.05) is 27.9 Å². The monoisotopic (exact) mass is 741 g/mol. The summed E-state index contributed by atoms with van der Waals surface area (Å²) in [6, 6.07) is 11.4. The number of imidazole rings is 1. The van der Waals surface area contributed by atoms with Crippen LogP contribution in [0.2, 0.25) is 0 Å². The number of carbonyl (C=O) groups is 3. The van der Waals surface area contributed by atoms with Crippen LogP contribution in [0.15, 0.2) is 66.2 Å². The van der Waals surface area contributed by atoms with Crippen molar-refractivity contribution in [3.63, 3.8) is 0 Å². The molecule has 2 saturated heterocycles. The average molecular weight is 742 g/mol. The van der Waals surface area contributed by atoms with E-state index in [4.69, 9.17) is 28.4 Å². The number of anilines is 1. The number of esters is 1. The summed E-state index contributed by atoms with van der Waals surface area (Å²) in [6.07, 6.45) is 4.47. The number of hydrogen-bond acceptors (Lipinski definition) is 13. The van der Waals surface area contributed by atoms with Crippen molar-refractivity contribution in [2.24, 2.45) is 4.99 Å². The first kappa shape index (κ1) is 38.0. The zero-order valence-electron chi connectivity index (χ0n) is 31.3. The summed E-state index contributed by atoms with van der Waals surface area (Å²) in [5.74, 6) is -1.26. The van der Waals surface area contributed by atoms with Crippen LogP contribution in [-0.4, -0.2) is 106 Å². The lowest BCUT2D eigenvalue weighted by atomic mass is 10.0. The molecule has 2 aliphatic heterocycles. The maximum atomic E-state index is 13.2. The van der Waals surface area contributed by atoms with Gasteiger partial charge >= 0.3 is 12.1 Å². The quantitative estimate of drug-likeness (QED) is 0.0664. The van der Waals surface area contributed by atoms with Crippen LogP contribution in [0, 0.1) is 0 Å². The molecule has 4 aromatic rings. The summed E-state index contributed by atoms with van der Waals surface area (Å²) in [4.78, 5) is 57.8. The summed E-state index contributed by atoms with van der Waals surface area (Å²) in [5.41, 5.74) is 1.49. The molecular formula is C38H43N7O9. The molecule has 2 aromatic heterocycles. The molecule has 2 aliphatic rings. The summed E-state index contributed by atoms with van der Waals surface area (Å²) >= 11 is 0. The van der Waals surface area contributed by atoms with E-state index < -0.39 is 53.8 Å². The minimum atomic E-state index is -0.921. The van der Waals surface area contributed by atoms with E-state index in [2.05, 4.69) is 25.3 Å². The Morgan fingerprint density at radius 1 is 1.04 bits per heavy atom. The molecule has 4 heterocycles. The number of rotatable bonds is 11. The number of fused-ring (bicyclic) bond motifs is 2. The fourth-order valence-electron chi connectivity index (χ4n) is 6.01. The van der Waals surface area contributed by atoms with Gasteiger partial charge in [-0.3, -0.25) is 14.7 Å². The Hall–Kier alpha value is -5.71. The zero-order chi connectivity index (χ0) is 38.8. The summed E-state index contributed by atoms with van der Waals surface area (Å²) in [7, 11) is 4.96. The third-order valence-electron chi connectivity index (χ3n) is 8.22. The van der Waals surface area contributed by atoms with Gasteiger partial charge in [0.25, 0.3) is 0 Å². The molecule has 0 spiro atoms. The number of allylic oxidation sites excluding steroid dienone is 1. The Balaban J connectivity index is 1.27. The van der Waals surface area contributed by atoms with E-state index in [0.29, 0.717) is 28.2 Å². The van der Waals surface area contributed by atoms with Gasteiger partial charge in [0.05, 0.1) is 31.0 Å². The van der Waals surface area contributed by atoms with Crippen LogP contribution in [0.5, 0.6) is 5.75 Å². The van der Waals surface area contributed by atoms with E-state index >= 15 is 0 Å². The second kappa shape index (κ2) is 15.3. The number of methoxy groups -OCH3 is 1. The normalized spacial score (nSPS) is 20.7. The Labute approximate surface area is 312 Å². The molecule has 6 rings (SSSR count). The van der Waals surface area contributed by atoms with E-state index in [1.165, 1.54) is 25.6 Å². The van der Waals surface area contributed by atoms with Crippen molar-refractivity contribution in [3.05, 3.63) is 77.9 Å². The number of benzene rings is 2. The second-order valence-electron chi connectivity index (χ2n) is 14.3. The van der Waals surface area contributed by atoms with Crippen molar-refractivity contribution in [1.82, 2.24) is 24.4 Å². The molecule has 0 unspecified atom stereocenters. The maximum Gasteiger partial charge on any atom is 0.412 e. The molecule has 4 atom stereocenters. The highest BCUT2D eigenvalue weighted by atomic mass is 16.8. The lowest BCUT2D eigenvalue weighted by molar-refractivity contribution is -0.198. The number of nitrogens with one attached hydrogen (secondary N) is 1. The predicted molar refractivity (Wildman–Crippen MR) is 198 cm³/mol. The number of aromatic nitrogens is 4. The topological polar surface area (TPSA) is 178 Å². The van der Waals surface area contributed by atoms with E-state index in [0.717, 1.165) is 0 Å². The van der Waals surface area contributed by atoms with E-state index in [-0.39, 0.29) is 23.5 Å². The molecule has 0 bridgehead atoms. The fourth-order valence-corrected chi connectivity index (χ4v) is 6.01. The molecule has 16 heteroatoms. The van der Waals surface area contributed by atoms with Crippen molar-refractivity contribution >= 4 is 52.9 Å². The number of ether oxygens (including phenoxy) is 6. The molecule has 1 amide bonds. The van der Waals surface area contributed by atoms with Gasteiger partial charge in [-0.2, -0.15) is 0 Å². The first-order valence-electron chi connectivity index (χ1n) is 17.2. The SMILES string of the molecule is COC(=O)c1ccccc1C(=O)/C=C/c1ccc(NC(=O)OC(C)(C)C)c(OC[C@H]2O[C@@H](n3cnc4c(/N=C/N(C)C)ncnc43)[C@@H]3OC(C)(C)O[C@@H]32)c1. The van der Waals surface area contributed by atoms with E-state index in [9.17, 15) is 14.4 Å². The molecule has 0 aliphatic carbocycles. The van der Waals surface area contributed by atoms with Crippen LogP contribution in [-0.2, 0) is 23.7 Å². The molecule has 0 saturated carbocycles. The summed E-state index contributed by atoms with van der Waals surface area (Å²) in [5, 5.41) is 2.75. The number of amides is 1. The molecular weight excluding hydrogens is 698 g/mol.